The Morgan fingerprint density at radius 2 is 1.30 bits per heavy atom. The SMILES string of the molecule is OC(c1ccccc1)C(c1ccc2ccccc2n1)C(Nc1ccccn1)c1ccccc1. The van der Waals surface area contributed by atoms with Gasteiger partial charge in [-0.2, -0.15) is 0 Å². The van der Waals surface area contributed by atoms with Crippen LogP contribution < -0.4 is 5.32 Å². The van der Waals surface area contributed by atoms with Crippen LogP contribution in [0.1, 0.15) is 34.9 Å². The van der Waals surface area contributed by atoms with Crippen molar-refractivity contribution >= 4 is 16.7 Å². The molecule has 4 heteroatoms. The summed E-state index contributed by atoms with van der Waals surface area (Å²) in [7, 11) is 0. The van der Waals surface area contributed by atoms with Crippen LogP contribution in [0.4, 0.5) is 5.82 Å². The van der Waals surface area contributed by atoms with E-state index < -0.39 is 6.10 Å². The molecule has 33 heavy (non-hydrogen) atoms. The Morgan fingerprint density at radius 1 is 0.636 bits per heavy atom. The summed E-state index contributed by atoms with van der Waals surface area (Å²) >= 11 is 0. The van der Waals surface area contributed by atoms with E-state index in [-0.39, 0.29) is 12.0 Å². The molecule has 0 saturated carbocycles. The zero-order chi connectivity index (χ0) is 22.5. The van der Waals surface area contributed by atoms with Gasteiger partial charge in [0.05, 0.1) is 23.6 Å². The molecule has 162 valence electrons. The monoisotopic (exact) mass is 431 g/mol. The zero-order valence-corrected chi connectivity index (χ0v) is 18.1. The van der Waals surface area contributed by atoms with E-state index in [9.17, 15) is 5.11 Å². The highest BCUT2D eigenvalue weighted by atomic mass is 16.3. The summed E-state index contributed by atoms with van der Waals surface area (Å²) in [5.41, 5.74) is 3.63. The standard InChI is InChI=1S/C29H25N3O/c33-29(23-14-5-2-6-15-23)27(25-19-18-21-11-7-8-16-24(21)31-25)28(22-12-3-1-4-13-22)32-26-17-9-10-20-30-26/h1-20,27-29,33H,(H,30,32). The van der Waals surface area contributed by atoms with Crippen molar-refractivity contribution in [3.63, 3.8) is 0 Å². The minimum absolute atomic E-state index is 0.259. The first-order chi connectivity index (χ1) is 16.3. The van der Waals surface area contributed by atoms with Crippen molar-refractivity contribution < 1.29 is 5.11 Å². The number of nitrogens with zero attached hydrogens (tertiary/aromatic N) is 2. The maximum atomic E-state index is 11.7. The molecule has 0 fully saturated rings. The third-order valence-electron chi connectivity index (χ3n) is 5.93. The van der Waals surface area contributed by atoms with E-state index in [0.717, 1.165) is 33.5 Å². The Kier molecular flexibility index (Phi) is 6.09. The van der Waals surface area contributed by atoms with Gasteiger partial charge in [0.2, 0.25) is 0 Å². The van der Waals surface area contributed by atoms with E-state index in [1.807, 2.05) is 91.0 Å². The molecule has 0 saturated heterocycles. The van der Waals surface area contributed by atoms with Crippen molar-refractivity contribution in [3.8, 4) is 0 Å². The second-order valence-electron chi connectivity index (χ2n) is 8.06. The molecule has 4 nitrogen and oxygen atoms in total. The van der Waals surface area contributed by atoms with Gasteiger partial charge in [-0.15, -0.1) is 0 Å². The number of pyridine rings is 2. The van der Waals surface area contributed by atoms with Gasteiger partial charge in [0.15, 0.2) is 0 Å². The van der Waals surface area contributed by atoms with E-state index in [2.05, 4.69) is 34.6 Å². The van der Waals surface area contributed by atoms with Gasteiger partial charge in [-0.25, -0.2) is 4.98 Å². The molecule has 0 bridgehead atoms. The van der Waals surface area contributed by atoms with Crippen LogP contribution >= 0.6 is 0 Å². The number of fused-ring (bicyclic) bond motifs is 1. The molecule has 0 aliphatic rings. The summed E-state index contributed by atoms with van der Waals surface area (Å²) in [5, 5.41) is 16.4. The Morgan fingerprint density at radius 3 is 2.03 bits per heavy atom. The van der Waals surface area contributed by atoms with Crippen molar-refractivity contribution in [3.05, 3.63) is 138 Å². The molecular formula is C29H25N3O. The number of anilines is 1. The smallest absolute Gasteiger partial charge is 0.126 e. The summed E-state index contributed by atoms with van der Waals surface area (Å²) in [6.45, 7) is 0. The lowest BCUT2D eigenvalue weighted by Crippen LogP contribution is -2.26. The van der Waals surface area contributed by atoms with Gasteiger partial charge in [-0.1, -0.05) is 91.0 Å². The first-order valence-electron chi connectivity index (χ1n) is 11.1. The second-order valence-corrected chi connectivity index (χ2v) is 8.06. The number of aromatic nitrogens is 2. The van der Waals surface area contributed by atoms with Gasteiger partial charge in [0, 0.05) is 17.3 Å². The highest BCUT2D eigenvalue weighted by molar-refractivity contribution is 5.78. The number of benzene rings is 3. The van der Waals surface area contributed by atoms with Crippen LogP contribution in [-0.2, 0) is 0 Å². The number of para-hydroxylation sites is 1. The Hall–Kier alpha value is -4.02. The fourth-order valence-corrected chi connectivity index (χ4v) is 4.29. The van der Waals surface area contributed by atoms with E-state index in [4.69, 9.17) is 4.98 Å². The average molecular weight is 432 g/mol. The molecule has 2 N–H and O–H groups in total. The molecule has 3 aromatic carbocycles. The molecule has 0 aliphatic carbocycles. The van der Waals surface area contributed by atoms with E-state index in [1.165, 1.54) is 0 Å². The van der Waals surface area contributed by atoms with Crippen LogP contribution in [0.25, 0.3) is 10.9 Å². The fraction of sp³-hybridized carbons (Fsp3) is 0.103. The normalized spacial score (nSPS) is 13.8. The molecule has 5 aromatic rings. The molecule has 0 radical (unpaired) electrons. The maximum Gasteiger partial charge on any atom is 0.126 e. The molecular weight excluding hydrogens is 406 g/mol. The quantitative estimate of drug-likeness (QED) is 0.317. The molecule has 2 heterocycles. The first-order valence-corrected chi connectivity index (χ1v) is 11.1. The summed E-state index contributed by atoms with van der Waals surface area (Å²) in [5.74, 6) is 0.388. The second kappa shape index (κ2) is 9.63. The van der Waals surface area contributed by atoms with Gasteiger partial charge in [0.1, 0.15) is 5.82 Å². The predicted molar refractivity (Wildman–Crippen MR) is 133 cm³/mol. The third kappa shape index (κ3) is 4.61. The van der Waals surface area contributed by atoms with Crippen LogP contribution in [0.5, 0.6) is 0 Å². The number of nitrogens with one attached hydrogen (secondary N) is 1. The number of hydrogen-bond acceptors (Lipinski definition) is 4. The lowest BCUT2D eigenvalue weighted by molar-refractivity contribution is 0.133. The van der Waals surface area contributed by atoms with Crippen LogP contribution in [0.15, 0.2) is 121 Å². The number of aliphatic hydroxyl groups is 1. The summed E-state index contributed by atoms with van der Waals surface area (Å²) in [6, 6.07) is 37.6. The highest BCUT2D eigenvalue weighted by Gasteiger charge is 2.33. The Bertz CT molecular complexity index is 1310. The minimum atomic E-state index is -0.777. The Balaban J connectivity index is 1.66. The summed E-state index contributed by atoms with van der Waals surface area (Å²) in [6.07, 6.45) is 0.989. The average Bonchev–Trinajstić information content (AvgIpc) is 2.90. The fourth-order valence-electron chi connectivity index (χ4n) is 4.29. The van der Waals surface area contributed by atoms with Crippen LogP contribution in [0.3, 0.4) is 0 Å². The molecule has 0 spiro atoms. The number of aliphatic hydroxyl groups excluding tert-OH is 1. The van der Waals surface area contributed by atoms with Crippen molar-refractivity contribution in [1.29, 1.82) is 0 Å². The van der Waals surface area contributed by atoms with Crippen LogP contribution in [0.2, 0.25) is 0 Å². The van der Waals surface area contributed by atoms with Gasteiger partial charge >= 0.3 is 0 Å². The van der Waals surface area contributed by atoms with Crippen LogP contribution in [0, 0.1) is 0 Å². The third-order valence-corrected chi connectivity index (χ3v) is 5.93. The van der Waals surface area contributed by atoms with Gasteiger partial charge in [-0.3, -0.25) is 4.98 Å². The van der Waals surface area contributed by atoms with Gasteiger partial charge in [-0.05, 0) is 35.4 Å². The van der Waals surface area contributed by atoms with Crippen molar-refractivity contribution in [2.45, 2.75) is 18.1 Å². The predicted octanol–water partition coefficient (Wildman–Crippen LogP) is 6.30. The molecule has 3 atom stereocenters. The lowest BCUT2D eigenvalue weighted by atomic mass is 9.82. The number of hydrogen-bond donors (Lipinski definition) is 2. The molecule has 0 aliphatic heterocycles. The van der Waals surface area contributed by atoms with E-state index in [0.29, 0.717) is 0 Å². The van der Waals surface area contributed by atoms with Crippen molar-refractivity contribution in [2.75, 3.05) is 5.32 Å². The van der Waals surface area contributed by atoms with E-state index >= 15 is 0 Å². The van der Waals surface area contributed by atoms with Gasteiger partial charge < -0.3 is 10.4 Å². The van der Waals surface area contributed by atoms with Crippen LogP contribution in [-0.4, -0.2) is 15.1 Å². The maximum absolute atomic E-state index is 11.7. The largest absolute Gasteiger partial charge is 0.388 e. The first kappa shape index (κ1) is 20.9. The molecule has 3 unspecified atom stereocenters. The topological polar surface area (TPSA) is 58.0 Å². The highest BCUT2D eigenvalue weighted by Crippen LogP contribution is 2.42. The summed E-state index contributed by atoms with van der Waals surface area (Å²) < 4.78 is 0. The summed E-state index contributed by atoms with van der Waals surface area (Å²) in [4.78, 5) is 9.48. The molecule has 0 amide bonds. The number of rotatable bonds is 7. The van der Waals surface area contributed by atoms with Crippen molar-refractivity contribution in [2.24, 2.45) is 0 Å². The molecule has 2 aromatic heterocycles. The van der Waals surface area contributed by atoms with Crippen molar-refractivity contribution in [1.82, 2.24) is 9.97 Å². The lowest BCUT2D eigenvalue weighted by Gasteiger charge is -2.32. The van der Waals surface area contributed by atoms with Gasteiger partial charge in [0.25, 0.3) is 0 Å². The Labute approximate surface area is 193 Å². The molecule has 5 rings (SSSR count). The zero-order valence-electron chi connectivity index (χ0n) is 18.1. The van der Waals surface area contributed by atoms with E-state index in [1.54, 1.807) is 6.20 Å². The minimum Gasteiger partial charge on any atom is -0.388 e.